The number of benzene rings is 2. The molecule has 3 nitrogen and oxygen atoms in total. The minimum Gasteiger partial charge on any atom is -0.469 e. The fourth-order valence-corrected chi connectivity index (χ4v) is 2.33. The Kier molecular flexibility index (Phi) is 3.65. The summed E-state index contributed by atoms with van der Waals surface area (Å²) in [6, 6.07) is 18.0. The standard InChI is InChI=1S/C18H15NO2/c1-21-18(20)10-13-5-4-7-14(9-13)16-11-15-6-2-3-8-17(15)19-12-16/h2-9,11-12H,10H2,1H3. The highest BCUT2D eigenvalue weighted by Crippen LogP contribution is 2.23. The summed E-state index contributed by atoms with van der Waals surface area (Å²) in [5.41, 5.74) is 4.01. The molecule has 0 bridgehead atoms. The number of hydrogen-bond donors (Lipinski definition) is 0. The molecule has 0 atom stereocenters. The van der Waals surface area contributed by atoms with Crippen molar-refractivity contribution in [3.63, 3.8) is 0 Å². The van der Waals surface area contributed by atoms with E-state index >= 15 is 0 Å². The summed E-state index contributed by atoms with van der Waals surface area (Å²) in [6.07, 6.45) is 2.14. The third-order valence-electron chi connectivity index (χ3n) is 3.43. The molecule has 3 rings (SSSR count). The summed E-state index contributed by atoms with van der Waals surface area (Å²) >= 11 is 0. The number of fused-ring (bicyclic) bond motifs is 1. The number of pyridine rings is 1. The molecule has 0 amide bonds. The first kappa shape index (κ1) is 13.3. The number of carbonyl (C=O) groups excluding carboxylic acids is 1. The highest BCUT2D eigenvalue weighted by Gasteiger charge is 2.05. The van der Waals surface area contributed by atoms with E-state index in [0.29, 0.717) is 0 Å². The number of aromatic nitrogens is 1. The zero-order chi connectivity index (χ0) is 14.7. The fraction of sp³-hybridized carbons (Fsp3) is 0.111. The second-order valence-corrected chi connectivity index (χ2v) is 4.87. The van der Waals surface area contributed by atoms with Gasteiger partial charge in [0.25, 0.3) is 0 Å². The second kappa shape index (κ2) is 5.75. The van der Waals surface area contributed by atoms with E-state index in [1.54, 1.807) is 0 Å². The van der Waals surface area contributed by atoms with Crippen molar-refractivity contribution in [1.29, 1.82) is 0 Å². The fourth-order valence-electron chi connectivity index (χ4n) is 2.33. The topological polar surface area (TPSA) is 39.2 Å². The van der Waals surface area contributed by atoms with Gasteiger partial charge in [-0.25, -0.2) is 0 Å². The van der Waals surface area contributed by atoms with Gasteiger partial charge in [0.1, 0.15) is 0 Å². The number of esters is 1. The minimum absolute atomic E-state index is 0.233. The number of nitrogens with zero attached hydrogens (tertiary/aromatic N) is 1. The first-order valence-corrected chi connectivity index (χ1v) is 6.77. The van der Waals surface area contributed by atoms with Crippen molar-refractivity contribution in [2.45, 2.75) is 6.42 Å². The Hall–Kier alpha value is -2.68. The summed E-state index contributed by atoms with van der Waals surface area (Å²) < 4.78 is 4.71. The van der Waals surface area contributed by atoms with E-state index in [2.05, 4.69) is 11.1 Å². The zero-order valence-electron chi connectivity index (χ0n) is 11.7. The zero-order valence-corrected chi connectivity index (χ0v) is 11.7. The lowest BCUT2D eigenvalue weighted by molar-refractivity contribution is -0.139. The van der Waals surface area contributed by atoms with Crippen molar-refractivity contribution in [2.75, 3.05) is 7.11 Å². The van der Waals surface area contributed by atoms with Crippen molar-refractivity contribution >= 4 is 16.9 Å². The molecule has 0 spiro atoms. The van der Waals surface area contributed by atoms with Crippen LogP contribution in [-0.2, 0) is 16.0 Å². The van der Waals surface area contributed by atoms with Gasteiger partial charge in [-0.05, 0) is 23.3 Å². The molecule has 0 aliphatic carbocycles. The molecule has 0 radical (unpaired) electrons. The average Bonchev–Trinajstić information content (AvgIpc) is 2.54. The molecular formula is C18H15NO2. The average molecular weight is 277 g/mol. The number of carbonyl (C=O) groups is 1. The Bertz CT molecular complexity index is 796. The summed E-state index contributed by atoms with van der Waals surface area (Å²) in [7, 11) is 1.40. The molecular weight excluding hydrogens is 262 g/mol. The maximum atomic E-state index is 11.4. The van der Waals surface area contributed by atoms with Gasteiger partial charge in [-0.3, -0.25) is 9.78 Å². The molecule has 0 saturated carbocycles. The Morgan fingerprint density at radius 2 is 1.90 bits per heavy atom. The Morgan fingerprint density at radius 3 is 2.76 bits per heavy atom. The number of para-hydroxylation sites is 1. The SMILES string of the molecule is COC(=O)Cc1cccc(-c2cnc3ccccc3c2)c1. The second-order valence-electron chi connectivity index (χ2n) is 4.87. The van der Waals surface area contributed by atoms with Gasteiger partial charge < -0.3 is 4.74 Å². The summed E-state index contributed by atoms with van der Waals surface area (Å²) in [4.78, 5) is 15.8. The molecule has 3 heteroatoms. The largest absolute Gasteiger partial charge is 0.469 e. The Morgan fingerprint density at radius 1 is 1.05 bits per heavy atom. The van der Waals surface area contributed by atoms with Gasteiger partial charge in [0.15, 0.2) is 0 Å². The van der Waals surface area contributed by atoms with Crippen LogP contribution in [0.15, 0.2) is 60.8 Å². The van der Waals surface area contributed by atoms with Crippen molar-refractivity contribution in [3.8, 4) is 11.1 Å². The number of methoxy groups -OCH3 is 1. The maximum absolute atomic E-state index is 11.4. The summed E-state index contributed by atoms with van der Waals surface area (Å²) in [5.74, 6) is -0.233. The van der Waals surface area contributed by atoms with Gasteiger partial charge in [-0.1, -0.05) is 42.5 Å². The predicted molar refractivity (Wildman–Crippen MR) is 82.9 cm³/mol. The molecule has 0 fully saturated rings. The quantitative estimate of drug-likeness (QED) is 0.686. The summed E-state index contributed by atoms with van der Waals surface area (Å²) in [6.45, 7) is 0. The van der Waals surface area contributed by atoms with Gasteiger partial charge in [-0.2, -0.15) is 0 Å². The molecule has 0 saturated heterocycles. The van der Waals surface area contributed by atoms with Crippen LogP contribution in [0.25, 0.3) is 22.0 Å². The van der Waals surface area contributed by atoms with Crippen LogP contribution >= 0.6 is 0 Å². The normalized spacial score (nSPS) is 10.5. The van der Waals surface area contributed by atoms with Gasteiger partial charge in [0.05, 0.1) is 19.0 Å². The van der Waals surface area contributed by atoms with Gasteiger partial charge in [-0.15, -0.1) is 0 Å². The van der Waals surface area contributed by atoms with Crippen LogP contribution in [-0.4, -0.2) is 18.1 Å². The lowest BCUT2D eigenvalue weighted by Crippen LogP contribution is -2.04. The monoisotopic (exact) mass is 277 g/mol. The van der Waals surface area contributed by atoms with E-state index in [9.17, 15) is 4.79 Å². The molecule has 2 aromatic carbocycles. The highest BCUT2D eigenvalue weighted by molar-refractivity contribution is 5.83. The first-order valence-electron chi connectivity index (χ1n) is 6.77. The smallest absolute Gasteiger partial charge is 0.309 e. The third kappa shape index (κ3) is 2.92. The van der Waals surface area contributed by atoms with Crippen molar-refractivity contribution < 1.29 is 9.53 Å². The highest BCUT2D eigenvalue weighted by atomic mass is 16.5. The number of hydrogen-bond acceptors (Lipinski definition) is 3. The van der Waals surface area contributed by atoms with Crippen LogP contribution in [0.2, 0.25) is 0 Å². The van der Waals surface area contributed by atoms with Crippen LogP contribution < -0.4 is 0 Å². The van der Waals surface area contributed by atoms with E-state index in [0.717, 1.165) is 27.6 Å². The number of rotatable bonds is 3. The van der Waals surface area contributed by atoms with Crippen molar-refractivity contribution in [1.82, 2.24) is 4.98 Å². The molecule has 0 aliphatic rings. The molecule has 1 aromatic heterocycles. The Labute approximate surface area is 123 Å². The Balaban J connectivity index is 1.98. The van der Waals surface area contributed by atoms with Crippen LogP contribution in [0.1, 0.15) is 5.56 Å². The maximum Gasteiger partial charge on any atom is 0.309 e. The van der Waals surface area contributed by atoms with Crippen molar-refractivity contribution in [2.24, 2.45) is 0 Å². The lowest BCUT2D eigenvalue weighted by atomic mass is 10.0. The van der Waals surface area contributed by atoms with Gasteiger partial charge in [0.2, 0.25) is 0 Å². The number of ether oxygens (including phenoxy) is 1. The van der Waals surface area contributed by atoms with E-state index in [1.165, 1.54) is 7.11 Å². The van der Waals surface area contributed by atoms with E-state index in [1.807, 2.05) is 54.7 Å². The molecule has 1 heterocycles. The van der Waals surface area contributed by atoms with E-state index in [4.69, 9.17) is 4.74 Å². The van der Waals surface area contributed by atoms with Crippen LogP contribution in [0.3, 0.4) is 0 Å². The lowest BCUT2D eigenvalue weighted by Gasteiger charge is -2.06. The van der Waals surface area contributed by atoms with E-state index < -0.39 is 0 Å². The van der Waals surface area contributed by atoms with Crippen LogP contribution in [0.4, 0.5) is 0 Å². The minimum atomic E-state index is -0.233. The van der Waals surface area contributed by atoms with Crippen molar-refractivity contribution in [3.05, 3.63) is 66.4 Å². The van der Waals surface area contributed by atoms with Gasteiger partial charge in [0, 0.05) is 17.1 Å². The molecule has 104 valence electrons. The summed E-state index contributed by atoms with van der Waals surface area (Å²) in [5, 5.41) is 1.10. The van der Waals surface area contributed by atoms with E-state index in [-0.39, 0.29) is 12.4 Å². The van der Waals surface area contributed by atoms with Crippen LogP contribution in [0, 0.1) is 0 Å². The molecule has 0 unspecified atom stereocenters. The molecule has 21 heavy (non-hydrogen) atoms. The molecule has 3 aromatic rings. The molecule has 0 N–H and O–H groups in total. The predicted octanol–water partition coefficient (Wildman–Crippen LogP) is 3.62. The van der Waals surface area contributed by atoms with Crippen LogP contribution in [0.5, 0.6) is 0 Å². The first-order chi connectivity index (χ1) is 10.3. The third-order valence-corrected chi connectivity index (χ3v) is 3.43. The van der Waals surface area contributed by atoms with Gasteiger partial charge >= 0.3 is 5.97 Å². The molecule has 0 aliphatic heterocycles.